The fourth-order valence-corrected chi connectivity index (χ4v) is 3.28. The van der Waals surface area contributed by atoms with Crippen molar-refractivity contribution in [1.29, 1.82) is 0 Å². The Morgan fingerprint density at radius 2 is 1.85 bits per heavy atom. The third-order valence-corrected chi connectivity index (χ3v) is 5.11. The Hall–Kier alpha value is -4.14. The minimum atomic E-state index is -0.586. The second-order valence-corrected chi connectivity index (χ2v) is 7.73. The van der Waals surface area contributed by atoms with Gasteiger partial charge in [-0.05, 0) is 49.2 Å². The van der Waals surface area contributed by atoms with E-state index in [1.54, 1.807) is 31.3 Å². The van der Waals surface area contributed by atoms with Crippen LogP contribution in [-0.4, -0.2) is 16.8 Å². The average molecular weight is 456 g/mol. The predicted molar refractivity (Wildman–Crippen MR) is 132 cm³/mol. The summed E-state index contributed by atoms with van der Waals surface area (Å²) in [5.41, 5.74) is 9.06. The third kappa shape index (κ3) is 5.76. The molecular weight excluding hydrogens is 434 g/mol. The van der Waals surface area contributed by atoms with Crippen LogP contribution in [0.1, 0.15) is 34.0 Å². The van der Waals surface area contributed by atoms with Gasteiger partial charge in [0.05, 0.1) is 11.1 Å². The molecule has 2 amide bonds. The number of halogens is 1. The van der Waals surface area contributed by atoms with E-state index in [1.807, 2.05) is 37.3 Å². The van der Waals surface area contributed by atoms with Crippen molar-refractivity contribution in [3.05, 3.63) is 112 Å². The number of allylic oxidation sites excluding steroid dienone is 2. The molecule has 6 heteroatoms. The number of nitrogens with zero attached hydrogens (tertiary/aromatic N) is 1. The molecule has 2 N–H and O–H groups in total. The van der Waals surface area contributed by atoms with Crippen molar-refractivity contribution >= 4 is 34.3 Å². The molecular formula is C27H22ClN3O2. The number of carbonyl (C=O) groups is 2. The Kier molecular flexibility index (Phi) is 7.45. The molecule has 0 aliphatic rings. The fraction of sp³-hybridized carbons (Fsp3) is 0.0741. The maximum atomic E-state index is 12.6. The van der Waals surface area contributed by atoms with E-state index in [0.29, 0.717) is 16.7 Å². The second-order valence-electron chi connectivity index (χ2n) is 7.27. The third-order valence-electron chi connectivity index (χ3n) is 4.92. The van der Waals surface area contributed by atoms with Crippen molar-refractivity contribution in [2.75, 3.05) is 0 Å². The molecule has 0 atom stereocenters. The monoisotopic (exact) mass is 455 g/mol. The molecule has 1 aromatic heterocycles. The van der Waals surface area contributed by atoms with Gasteiger partial charge < -0.3 is 0 Å². The summed E-state index contributed by atoms with van der Waals surface area (Å²) in [7, 11) is 0. The molecule has 2 aromatic carbocycles. The molecule has 0 unspecified atom stereocenters. The Labute approximate surface area is 197 Å². The van der Waals surface area contributed by atoms with Crippen LogP contribution in [0.25, 0.3) is 10.9 Å². The molecule has 1 heterocycles. The smallest absolute Gasteiger partial charge is 0.267 e. The number of benzene rings is 2. The normalized spacial score (nSPS) is 11.0. The van der Waals surface area contributed by atoms with Gasteiger partial charge in [-0.15, -0.1) is 0 Å². The fourth-order valence-electron chi connectivity index (χ4n) is 3.04. The Morgan fingerprint density at radius 1 is 1.09 bits per heavy atom. The molecule has 0 aliphatic carbocycles. The highest BCUT2D eigenvalue weighted by Gasteiger charge is 2.15. The lowest BCUT2D eigenvalue weighted by atomic mass is 10.0. The van der Waals surface area contributed by atoms with Gasteiger partial charge in [-0.25, -0.2) is 0 Å². The van der Waals surface area contributed by atoms with E-state index in [2.05, 4.69) is 40.8 Å². The number of pyridine rings is 1. The van der Waals surface area contributed by atoms with Gasteiger partial charge in [-0.3, -0.25) is 25.4 Å². The maximum Gasteiger partial charge on any atom is 0.271 e. The van der Waals surface area contributed by atoms with Gasteiger partial charge in [0.25, 0.3) is 11.8 Å². The molecule has 0 saturated carbocycles. The molecule has 0 aliphatic heterocycles. The predicted octanol–water partition coefficient (Wildman–Crippen LogP) is 4.96. The van der Waals surface area contributed by atoms with Gasteiger partial charge in [-0.2, -0.15) is 0 Å². The Morgan fingerprint density at radius 3 is 2.58 bits per heavy atom. The summed E-state index contributed by atoms with van der Waals surface area (Å²) in [6.45, 7) is 10.8. The number of nitrogens with one attached hydrogen (secondary N) is 2. The first-order valence-electron chi connectivity index (χ1n) is 10.1. The number of carbonyl (C=O) groups excluding carboxylic acids is 2. The van der Waals surface area contributed by atoms with Crippen molar-refractivity contribution in [2.45, 2.75) is 13.8 Å². The first-order valence-corrected chi connectivity index (χ1v) is 10.4. The number of hydrazine groups is 1. The van der Waals surface area contributed by atoms with Gasteiger partial charge in [0.1, 0.15) is 0 Å². The number of rotatable bonds is 4. The van der Waals surface area contributed by atoms with Gasteiger partial charge in [-0.1, -0.05) is 66.9 Å². The van der Waals surface area contributed by atoms with E-state index in [1.165, 1.54) is 6.08 Å². The minimum Gasteiger partial charge on any atom is -0.267 e. The van der Waals surface area contributed by atoms with Gasteiger partial charge in [0.2, 0.25) is 0 Å². The molecule has 0 spiro atoms. The highest BCUT2D eigenvalue weighted by atomic mass is 35.5. The van der Waals surface area contributed by atoms with Crippen LogP contribution in [-0.2, 0) is 4.79 Å². The topological polar surface area (TPSA) is 71.1 Å². The molecule has 3 aromatic rings. The van der Waals surface area contributed by atoms with Crippen LogP contribution in [0.4, 0.5) is 0 Å². The van der Waals surface area contributed by atoms with Crippen LogP contribution in [0, 0.1) is 18.8 Å². The highest BCUT2D eigenvalue weighted by Crippen LogP contribution is 2.18. The number of para-hydroxylation sites is 1. The number of aromatic nitrogens is 1. The molecule has 164 valence electrons. The van der Waals surface area contributed by atoms with Crippen molar-refractivity contribution in [3.63, 3.8) is 0 Å². The number of fused-ring (bicyclic) bond motifs is 1. The summed E-state index contributed by atoms with van der Waals surface area (Å²) in [5, 5.41) is 1.06. The van der Waals surface area contributed by atoms with Gasteiger partial charge in [0, 0.05) is 33.3 Å². The minimum absolute atomic E-state index is 0.0511. The van der Waals surface area contributed by atoms with E-state index in [9.17, 15) is 9.59 Å². The molecule has 0 saturated heterocycles. The number of aryl methyl sites for hydroxylation is 1. The van der Waals surface area contributed by atoms with E-state index in [0.717, 1.165) is 22.0 Å². The number of hydrogen-bond donors (Lipinski definition) is 2. The summed E-state index contributed by atoms with van der Waals surface area (Å²) >= 11 is 5.91. The maximum absolute atomic E-state index is 12.6. The summed E-state index contributed by atoms with van der Waals surface area (Å²) in [6, 6.07) is 14.9. The standard InChI is InChI=1S/C27H22ClN3O2/c1-5-17(2)25(19(4)28)27(33)31-30-26(32)23-12-10-18(3)21(15-23)13-11-20-14-22-8-6-7-9-24(22)29-16-20/h5-10,12,14-16H,1,4H2,2-3H3,(H,30,32)(H,31,33)/b25-17+. The van der Waals surface area contributed by atoms with Crippen LogP contribution in [0.3, 0.4) is 0 Å². The summed E-state index contributed by atoms with van der Waals surface area (Å²) in [5.74, 6) is 5.13. The number of amides is 2. The lowest BCUT2D eigenvalue weighted by Gasteiger charge is -2.11. The Balaban J connectivity index is 1.78. The van der Waals surface area contributed by atoms with Crippen LogP contribution in [0.5, 0.6) is 0 Å². The van der Waals surface area contributed by atoms with Crippen LogP contribution in [0.2, 0.25) is 0 Å². The van der Waals surface area contributed by atoms with Crippen LogP contribution in [0.15, 0.2) is 90.1 Å². The zero-order valence-corrected chi connectivity index (χ0v) is 19.1. The van der Waals surface area contributed by atoms with Crippen molar-refractivity contribution < 1.29 is 9.59 Å². The molecule has 0 fully saturated rings. The van der Waals surface area contributed by atoms with Gasteiger partial charge >= 0.3 is 0 Å². The van der Waals surface area contributed by atoms with E-state index in [-0.39, 0.29) is 10.6 Å². The quantitative estimate of drug-likeness (QED) is 0.253. The van der Waals surface area contributed by atoms with Crippen LogP contribution < -0.4 is 10.9 Å². The van der Waals surface area contributed by atoms with Crippen molar-refractivity contribution in [2.24, 2.45) is 0 Å². The zero-order chi connectivity index (χ0) is 24.0. The van der Waals surface area contributed by atoms with E-state index >= 15 is 0 Å². The molecule has 0 radical (unpaired) electrons. The van der Waals surface area contributed by atoms with Gasteiger partial charge in [0.15, 0.2) is 0 Å². The van der Waals surface area contributed by atoms with E-state index in [4.69, 9.17) is 11.6 Å². The summed E-state index contributed by atoms with van der Waals surface area (Å²) in [4.78, 5) is 29.4. The summed E-state index contributed by atoms with van der Waals surface area (Å²) < 4.78 is 0. The SMILES string of the molecule is C=C/C(C)=C(\C(=C)Cl)C(=O)NNC(=O)c1ccc(C)c(C#Cc2cnc3ccccc3c2)c1. The molecule has 3 rings (SSSR count). The van der Waals surface area contributed by atoms with Crippen molar-refractivity contribution in [1.82, 2.24) is 15.8 Å². The largest absolute Gasteiger partial charge is 0.271 e. The second kappa shape index (κ2) is 10.4. The van der Waals surface area contributed by atoms with E-state index < -0.39 is 11.8 Å². The molecule has 0 bridgehead atoms. The summed E-state index contributed by atoms with van der Waals surface area (Å²) in [6.07, 6.45) is 3.21. The lowest BCUT2D eigenvalue weighted by molar-refractivity contribution is -0.118. The lowest BCUT2D eigenvalue weighted by Crippen LogP contribution is -2.42. The van der Waals surface area contributed by atoms with Crippen LogP contribution >= 0.6 is 11.6 Å². The van der Waals surface area contributed by atoms with Crippen molar-refractivity contribution in [3.8, 4) is 11.8 Å². The zero-order valence-electron chi connectivity index (χ0n) is 18.3. The first-order chi connectivity index (χ1) is 15.8. The first kappa shape index (κ1) is 23.5. The highest BCUT2D eigenvalue weighted by molar-refractivity contribution is 6.35. The average Bonchev–Trinajstić information content (AvgIpc) is 2.81. The molecule has 5 nitrogen and oxygen atoms in total. The Bertz CT molecular complexity index is 1380. The number of hydrogen-bond acceptors (Lipinski definition) is 3. The molecule has 33 heavy (non-hydrogen) atoms.